The normalized spacial score (nSPS) is 11.1. The summed E-state index contributed by atoms with van der Waals surface area (Å²) in [5.41, 5.74) is 0.958. The zero-order valence-electron chi connectivity index (χ0n) is 9.35. The number of rotatable bonds is 5. The van der Waals surface area contributed by atoms with Crippen LogP contribution in [-0.2, 0) is 11.3 Å². The maximum Gasteiger partial charge on any atom is 0.317 e. The molecule has 0 aliphatic rings. The first-order valence-corrected chi connectivity index (χ1v) is 5.43. The maximum absolute atomic E-state index is 10.7. The number of aliphatic carboxylic acids is 1. The van der Waals surface area contributed by atoms with Gasteiger partial charge in [-0.3, -0.25) is 9.69 Å². The lowest BCUT2D eigenvalue weighted by Crippen LogP contribution is -2.35. The van der Waals surface area contributed by atoms with Crippen molar-refractivity contribution in [2.75, 3.05) is 6.54 Å². The molecule has 4 nitrogen and oxygen atoms in total. The molecule has 1 heterocycles. The van der Waals surface area contributed by atoms with Crippen molar-refractivity contribution in [3.8, 4) is 0 Å². The summed E-state index contributed by atoms with van der Waals surface area (Å²) in [6, 6.07) is 3.73. The summed E-state index contributed by atoms with van der Waals surface area (Å²) in [6.07, 6.45) is 1.67. The molecule has 0 unspecified atom stereocenters. The third-order valence-electron chi connectivity index (χ3n) is 2.24. The average Bonchev–Trinajstić information content (AvgIpc) is 2.19. The molecule has 0 aliphatic carbocycles. The van der Waals surface area contributed by atoms with E-state index < -0.39 is 5.97 Å². The maximum atomic E-state index is 10.7. The van der Waals surface area contributed by atoms with Crippen LogP contribution in [0.3, 0.4) is 0 Å². The average molecular weight is 243 g/mol. The highest BCUT2D eigenvalue weighted by Crippen LogP contribution is 2.10. The van der Waals surface area contributed by atoms with E-state index in [2.05, 4.69) is 4.98 Å². The first kappa shape index (κ1) is 12.9. The summed E-state index contributed by atoms with van der Waals surface area (Å²) < 4.78 is 0. The van der Waals surface area contributed by atoms with Crippen LogP contribution in [0, 0.1) is 0 Å². The van der Waals surface area contributed by atoms with Crippen molar-refractivity contribution in [2.45, 2.75) is 26.4 Å². The predicted octanol–water partition coefficient (Wildman–Crippen LogP) is 2.03. The van der Waals surface area contributed by atoms with Crippen LogP contribution in [0.1, 0.15) is 19.4 Å². The zero-order valence-corrected chi connectivity index (χ0v) is 10.1. The van der Waals surface area contributed by atoms with E-state index >= 15 is 0 Å². The first-order valence-electron chi connectivity index (χ1n) is 5.05. The van der Waals surface area contributed by atoms with Crippen LogP contribution in [0.15, 0.2) is 18.3 Å². The number of carbonyl (C=O) groups is 1. The van der Waals surface area contributed by atoms with E-state index in [0.29, 0.717) is 11.7 Å². The minimum atomic E-state index is -0.823. The number of hydrogen-bond acceptors (Lipinski definition) is 3. The molecular weight excluding hydrogens is 228 g/mol. The lowest BCUT2D eigenvalue weighted by Gasteiger charge is -2.24. The molecule has 1 aromatic heterocycles. The SMILES string of the molecule is CC(C)N(CC(=O)O)Cc1ccc(Cl)nc1. The summed E-state index contributed by atoms with van der Waals surface area (Å²) in [6.45, 7) is 4.52. The molecule has 0 saturated carbocycles. The van der Waals surface area contributed by atoms with Crippen LogP contribution in [0.2, 0.25) is 5.15 Å². The molecular formula is C11H15ClN2O2. The number of hydrogen-bond donors (Lipinski definition) is 1. The van der Waals surface area contributed by atoms with Gasteiger partial charge >= 0.3 is 5.97 Å². The van der Waals surface area contributed by atoms with Gasteiger partial charge in [0.25, 0.3) is 0 Å². The second kappa shape index (κ2) is 5.82. The standard InChI is InChI=1S/C11H15ClN2O2/c1-8(2)14(7-11(15)16)6-9-3-4-10(12)13-5-9/h3-5,8H,6-7H2,1-2H3,(H,15,16). The molecule has 0 aliphatic heterocycles. The fourth-order valence-corrected chi connectivity index (χ4v) is 1.44. The Labute approximate surface area is 99.9 Å². The van der Waals surface area contributed by atoms with Crippen LogP contribution < -0.4 is 0 Å². The highest BCUT2D eigenvalue weighted by molar-refractivity contribution is 6.29. The number of carboxylic acids is 1. The van der Waals surface area contributed by atoms with Crippen molar-refractivity contribution >= 4 is 17.6 Å². The van der Waals surface area contributed by atoms with E-state index in [0.717, 1.165) is 5.56 Å². The van der Waals surface area contributed by atoms with Crippen LogP contribution in [0.5, 0.6) is 0 Å². The van der Waals surface area contributed by atoms with Crippen molar-refractivity contribution in [1.82, 2.24) is 9.88 Å². The van der Waals surface area contributed by atoms with Gasteiger partial charge in [0, 0.05) is 18.8 Å². The summed E-state index contributed by atoms with van der Waals surface area (Å²) in [5, 5.41) is 9.22. The Balaban J connectivity index is 2.67. The molecule has 1 aromatic rings. The highest BCUT2D eigenvalue weighted by atomic mass is 35.5. The van der Waals surface area contributed by atoms with Gasteiger partial charge in [-0.15, -0.1) is 0 Å². The minimum Gasteiger partial charge on any atom is -0.480 e. The van der Waals surface area contributed by atoms with Gasteiger partial charge in [-0.25, -0.2) is 4.98 Å². The number of pyridine rings is 1. The Kier molecular flexibility index (Phi) is 4.71. The van der Waals surface area contributed by atoms with Crippen molar-refractivity contribution in [3.05, 3.63) is 29.0 Å². The van der Waals surface area contributed by atoms with Gasteiger partial charge in [0.15, 0.2) is 0 Å². The molecule has 0 aromatic carbocycles. The van der Waals surface area contributed by atoms with Gasteiger partial charge < -0.3 is 5.11 Å². The third kappa shape index (κ3) is 4.16. The highest BCUT2D eigenvalue weighted by Gasteiger charge is 2.13. The van der Waals surface area contributed by atoms with Crippen LogP contribution >= 0.6 is 11.6 Å². The van der Waals surface area contributed by atoms with Crippen molar-refractivity contribution in [2.24, 2.45) is 0 Å². The van der Waals surface area contributed by atoms with Crippen LogP contribution in [-0.4, -0.2) is 33.5 Å². The van der Waals surface area contributed by atoms with E-state index in [9.17, 15) is 4.79 Å². The Bertz CT molecular complexity index is 352. The van der Waals surface area contributed by atoms with E-state index in [-0.39, 0.29) is 12.6 Å². The molecule has 1 rings (SSSR count). The quantitative estimate of drug-likeness (QED) is 0.803. The largest absolute Gasteiger partial charge is 0.480 e. The van der Waals surface area contributed by atoms with Gasteiger partial charge in [0.1, 0.15) is 5.15 Å². The zero-order chi connectivity index (χ0) is 12.1. The second-order valence-corrected chi connectivity index (χ2v) is 4.27. The number of aromatic nitrogens is 1. The molecule has 1 N–H and O–H groups in total. The number of halogens is 1. The van der Waals surface area contributed by atoms with Gasteiger partial charge in [0.2, 0.25) is 0 Å². The Morgan fingerprint density at radius 3 is 2.69 bits per heavy atom. The fraction of sp³-hybridized carbons (Fsp3) is 0.455. The van der Waals surface area contributed by atoms with Crippen LogP contribution in [0.4, 0.5) is 0 Å². The van der Waals surface area contributed by atoms with Crippen molar-refractivity contribution in [1.29, 1.82) is 0 Å². The summed E-state index contributed by atoms with van der Waals surface area (Å²) in [4.78, 5) is 16.5. The topological polar surface area (TPSA) is 53.4 Å². The van der Waals surface area contributed by atoms with E-state index in [1.165, 1.54) is 0 Å². The van der Waals surface area contributed by atoms with E-state index in [1.807, 2.05) is 24.8 Å². The number of carboxylic acid groups (broad SMARTS) is 1. The van der Waals surface area contributed by atoms with Gasteiger partial charge in [-0.2, -0.15) is 0 Å². The third-order valence-corrected chi connectivity index (χ3v) is 2.47. The van der Waals surface area contributed by atoms with Crippen molar-refractivity contribution < 1.29 is 9.90 Å². The smallest absolute Gasteiger partial charge is 0.317 e. The summed E-state index contributed by atoms with van der Waals surface area (Å²) in [7, 11) is 0. The molecule has 0 spiro atoms. The van der Waals surface area contributed by atoms with Crippen molar-refractivity contribution in [3.63, 3.8) is 0 Å². The molecule has 0 radical (unpaired) electrons. The monoisotopic (exact) mass is 242 g/mol. The Morgan fingerprint density at radius 1 is 1.56 bits per heavy atom. The minimum absolute atomic E-state index is 0.0281. The molecule has 16 heavy (non-hydrogen) atoms. The van der Waals surface area contributed by atoms with E-state index in [1.54, 1.807) is 12.3 Å². The molecule has 0 saturated heterocycles. The van der Waals surface area contributed by atoms with Gasteiger partial charge in [0.05, 0.1) is 6.54 Å². The summed E-state index contributed by atoms with van der Waals surface area (Å²) in [5.74, 6) is -0.823. The predicted molar refractivity (Wildman–Crippen MR) is 62.4 cm³/mol. The Hall–Kier alpha value is -1.13. The lowest BCUT2D eigenvalue weighted by molar-refractivity contribution is -0.138. The number of nitrogens with zero attached hydrogens (tertiary/aromatic N) is 2. The lowest BCUT2D eigenvalue weighted by atomic mass is 10.2. The summed E-state index contributed by atoms with van der Waals surface area (Å²) >= 11 is 5.68. The van der Waals surface area contributed by atoms with Gasteiger partial charge in [-0.05, 0) is 25.5 Å². The molecule has 5 heteroatoms. The van der Waals surface area contributed by atoms with Gasteiger partial charge in [-0.1, -0.05) is 17.7 Å². The van der Waals surface area contributed by atoms with Crippen LogP contribution in [0.25, 0.3) is 0 Å². The molecule has 0 amide bonds. The molecule has 88 valence electrons. The fourth-order valence-electron chi connectivity index (χ4n) is 1.33. The molecule has 0 bridgehead atoms. The molecule has 0 fully saturated rings. The molecule has 0 atom stereocenters. The second-order valence-electron chi connectivity index (χ2n) is 3.88. The first-order chi connectivity index (χ1) is 7.49. The van der Waals surface area contributed by atoms with E-state index in [4.69, 9.17) is 16.7 Å². The Morgan fingerprint density at radius 2 is 2.25 bits per heavy atom.